The highest BCUT2D eigenvalue weighted by molar-refractivity contribution is 5.79. The van der Waals surface area contributed by atoms with Gasteiger partial charge in [-0.15, -0.1) is 0 Å². The molecule has 1 heterocycles. The molecule has 21 heavy (non-hydrogen) atoms. The van der Waals surface area contributed by atoms with Gasteiger partial charge in [-0.05, 0) is 49.3 Å². The van der Waals surface area contributed by atoms with Crippen LogP contribution in [0.4, 0.5) is 0 Å². The van der Waals surface area contributed by atoms with Gasteiger partial charge in [0.15, 0.2) is 11.5 Å². The molecule has 0 saturated heterocycles. The van der Waals surface area contributed by atoms with E-state index in [-0.39, 0.29) is 5.91 Å². The summed E-state index contributed by atoms with van der Waals surface area (Å²) < 4.78 is 11.0. The number of hydrogen-bond donors (Lipinski definition) is 1. The molecule has 1 aromatic rings. The van der Waals surface area contributed by atoms with Crippen molar-refractivity contribution >= 4 is 5.91 Å². The average Bonchev–Trinajstić information content (AvgIpc) is 2.49. The zero-order valence-corrected chi connectivity index (χ0v) is 12.6. The predicted molar refractivity (Wildman–Crippen MR) is 80.7 cm³/mol. The fraction of sp³-hybridized carbons (Fsp3) is 0.588. The minimum Gasteiger partial charge on any atom is -0.486 e. The summed E-state index contributed by atoms with van der Waals surface area (Å²) in [7, 11) is 0. The summed E-state index contributed by atoms with van der Waals surface area (Å²) in [6, 6.07) is 6.10. The Morgan fingerprint density at radius 3 is 2.62 bits per heavy atom. The van der Waals surface area contributed by atoms with Crippen molar-refractivity contribution in [2.24, 2.45) is 5.92 Å². The van der Waals surface area contributed by atoms with Gasteiger partial charge in [0.05, 0.1) is 6.42 Å². The van der Waals surface area contributed by atoms with Crippen LogP contribution >= 0.6 is 0 Å². The van der Waals surface area contributed by atoms with Gasteiger partial charge in [0, 0.05) is 6.04 Å². The Morgan fingerprint density at radius 2 is 1.86 bits per heavy atom. The topological polar surface area (TPSA) is 47.6 Å². The Labute approximate surface area is 125 Å². The lowest BCUT2D eigenvalue weighted by atomic mass is 9.87. The van der Waals surface area contributed by atoms with Crippen LogP contribution < -0.4 is 14.8 Å². The molecule has 4 nitrogen and oxygen atoms in total. The summed E-state index contributed by atoms with van der Waals surface area (Å²) in [5.41, 5.74) is 0.973. The second-order valence-electron chi connectivity index (χ2n) is 6.18. The summed E-state index contributed by atoms with van der Waals surface area (Å²) in [5, 5.41) is 3.16. The maximum Gasteiger partial charge on any atom is 0.224 e. The number of fused-ring (bicyclic) bond motifs is 1. The molecular formula is C17H23NO3. The van der Waals surface area contributed by atoms with E-state index in [2.05, 4.69) is 12.2 Å². The second kappa shape index (κ2) is 6.37. The van der Waals surface area contributed by atoms with Gasteiger partial charge in [0.2, 0.25) is 5.91 Å². The van der Waals surface area contributed by atoms with Gasteiger partial charge in [-0.2, -0.15) is 0 Å². The minimum atomic E-state index is 0.103. The normalized spacial score (nSPS) is 24.4. The number of nitrogens with one attached hydrogen (secondary N) is 1. The van der Waals surface area contributed by atoms with Crippen molar-refractivity contribution in [3.63, 3.8) is 0 Å². The maximum atomic E-state index is 12.1. The fourth-order valence-corrected chi connectivity index (χ4v) is 3.07. The number of amides is 1. The molecule has 1 aliphatic heterocycles. The van der Waals surface area contributed by atoms with Crippen molar-refractivity contribution in [1.82, 2.24) is 5.32 Å². The van der Waals surface area contributed by atoms with Crippen molar-refractivity contribution in [2.75, 3.05) is 13.2 Å². The molecule has 0 spiro atoms. The lowest BCUT2D eigenvalue weighted by Gasteiger charge is -2.27. The third-order valence-electron chi connectivity index (χ3n) is 4.35. The van der Waals surface area contributed by atoms with E-state index < -0.39 is 0 Å². The molecule has 3 rings (SSSR count). The first-order chi connectivity index (χ1) is 10.2. The molecule has 1 aromatic carbocycles. The monoisotopic (exact) mass is 289 g/mol. The zero-order valence-electron chi connectivity index (χ0n) is 12.6. The zero-order chi connectivity index (χ0) is 14.7. The van der Waals surface area contributed by atoms with Gasteiger partial charge < -0.3 is 14.8 Å². The number of benzene rings is 1. The molecule has 114 valence electrons. The van der Waals surface area contributed by atoms with E-state index in [0.29, 0.717) is 25.7 Å². The predicted octanol–water partition coefficient (Wildman–Crippen LogP) is 2.70. The molecule has 0 aromatic heterocycles. The highest BCUT2D eigenvalue weighted by atomic mass is 16.6. The van der Waals surface area contributed by atoms with E-state index in [9.17, 15) is 4.79 Å². The molecule has 0 atom stereocenters. The van der Waals surface area contributed by atoms with Crippen LogP contribution in [0.3, 0.4) is 0 Å². The number of carbonyl (C=O) groups is 1. The number of carbonyl (C=O) groups excluding carboxylic acids is 1. The number of ether oxygens (including phenoxy) is 2. The molecule has 1 fully saturated rings. The summed E-state index contributed by atoms with van der Waals surface area (Å²) in [4.78, 5) is 12.1. The molecular weight excluding hydrogens is 266 g/mol. The minimum absolute atomic E-state index is 0.103. The summed E-state index contributed by atoms with van der Waals surface area (Å²) in [5.74, 6) is 2.42. The van der Waals surface area contributed by atoms with Crippen molar-refractivity contribution in [3.8, 4) is 11.5 Å². The molecule has 0 bridgehead atoms. The first kappa shape index (κ1) is 14.2. The van der Waals surface area contributed by atoms with Crippen molar-refractivity contribution in [3.05, 3.63) is 23.8 Å². The number of rotatable bonds is 3. The third-order valence-corrected chi connectivity index (χ3v) is 4.35. The highest BCUT2D eigenvalue weighted by Gasteiger charge is 2.20. The summed E-state index contributed by atoms with van der Waals surface area (Å²) in [6.45, 7) is 3.45. The molecule has 1 aliphatic carbocycles. The van der Waals surface area contributed by atoms with Gasteiger partial charge in [0.25, 0.3) is 0 Å². The van der Waals surface area contributed by atoms with Crippen LogP contribution in [-0.2, 0) is 11.2 Å². The Hall–Kier alpha value is -1.71. The van der Waals surface area contributed by atoms with Crippen LogP contribution in [0.15, 0.2) is 18.2 Å². The smallest absolute Gasteiger partial charge is 0.224 e. The molecule has 1 N–H and O–H groups in total. The van der Waals surface area contributed by atoms with Gasteiger partial charge in [-0.1, -0.05) is 13.0 Å². The quantitative estimate of drug-likeness (QED) is 0.930. The van der Waals surface area contributed by atoms with E-state index >= 15 is 0 Å². The number of hydrogen-bond acceptors (Lipinski definition) is 3. The summed E-state index contributed by atoms with van der Waals surface area (Å²) in [6.07, 6.45) is 5.05. The van der Waals surface area contributed by atoms with E-state index in [1.807, 2.05) is 18.2 Å². The Balaban J connectivity index is 1.55. The van der Waals surface area contributed by atoms with Crippen LogP contribution in [0.1, 0.15) is 38.2 Å². The lowest BCUT2D eigenvalue weighted by molar-refractivity contribution is -0.121. The van der Waals surface area contributed by atoms with E-state index in [4.69, 9.17) is 9.47 Å². The average molecular weight is 289 g/mol. The Bertz CT molecular complexity index is 507. The molecule has 2 aliphatic rings. The second-order valence-corrected chi connectivity index (χ2v) is 6.18. The molecule has 1 amide bonds. The molecule has 4 heteroatoms. The molecule has 0 unspecified atom stereocenters. The molecule has 0 radical (unpaired) electrons. The molecule has 1 saturated carbocycles. The van der Waals surface area contributed by atoms with E-state index in [1.54, 1.807) is 0 Å². The van der Waals surface area contributed by atoms with Gasteiger partial charge in [0.1, 0.15) is 13.2 Å². The van der Waals surface area contributed by atoms with Crippen molar-refractivity contribution in [2.45, 2.75) is 45.1 Å². The van der Waals surface area contributed by atoms with E-state index in [0.717, 1.165) is 35.8 Å². The van der Waals surface area contributed by atoms with Gasteiger partial charge in [-0.25, -0.2) is 0 Å². The Kier molecular flexibility index (Phi) is 4.32. The first-order valence-electron chi connectivity index (χ1n) is 7.88. The summed E-state index contributed by atoms with van der Waals surface area (Å²) >= 11 is 0. The van der Waals surface area contributed by atoms with Crippen LogP contribution in [0.25, 0.3) is 0 Å². The van der Waals surface area contributed by atoms with Crippen molar-refractivity contribution < 1.29 is 14.3 Å². The van der Waals surface area contributed by atoms with Crippen LogP contribution in [-0.4, -0.2) is 25.2 Å². The highest BCUT2D eigenvalue weighted by Crippen LogP contribution is 2.31. The van der Waals surface area contributed by atoms with E-state index in [1.165, 1.54) is 12.8 Å². The van der Waals surface area contributed by atoms with Crippen LogP contribution in [0.5, 0.6) is 11.5 Å². The first-order valence-corrected chi connectivity index (χ1v) is 7.88. The maximum absolute atomic E-state index is 12.1. The van der Waals surface area contributed by atoms with Gasteiger partial charge >= 0.3 is 0 Å². The SMILES string of the molecule is CC1CCC(NC(=O)Cc2ccc3c(c2)OCCO3)CC1. The van der Waals surface area contributed by atoms with Crippen LogP contribution in [0.2, 0.25) is 0 Å². The fourth-order valence-electron chi connectivity index (χ4n) is 3.07. The largest absolute Gasteiger partial charge is 0.486 e. The van der Waals surface area contributed by atoms with Crippen molar-refractivity contribution in [1.29, 1.82) is 0 Å². The Morgan fingerprint density at radius 1 is 1.14 bits per heavy atom. The van der Waals surface area contributed by atoms with Gasteiger partial charge in [-0.3, -0.25) is 4.79 Å². The lowest BCUT2D eigenvalue weighted by Crippen LogP contribution is -2.38. The third kappa shape index (κ3) is 3.69. The standard InChI is InChI=1S/C17H23NO3/c1-12-2-5-14(6-3-12)18-17(19)11-13-4-7-15-16(10-13)21-9-8-20-15/h4,7,10,12,14H,2-3,5-6,8-9,11H2,1H3,(H,18,19). The van der Waals surface area contributed by atoms with Crippen LogP contribution in [0, 0.1) is 5.92 Å².